The lowest BCUT2D eigenvalue weighted by Crippen LogP contribution is -2.58. The molecule has 2 aromatic rings. The summed E-state index contributed by atoms with van der Waals surface area (Å²) < 4.78 is 0. The van der Waals surface area contributed by atoms with Crippen molar-refractivity contribution in [2.24, 2.45) is 0 Å². The second-order valence-electron chi connectivity index (χ2n) is 6.43. The fourth-order valence-corrected chi connectivity index (χ4v) is 4.16. The topological polar surface area (TPSA) is 54.0 Å². The summed E-state index contributed by atoms with van der Waals surface area (Å²) in [6.07, 6.45) is 7.59. The quantitative estimate of drug-likeness (QED) is 0.829. The lowest BCUT2D eigenvalue weighted by atomic mass is 9.66. The molecule has 5 heteroatoms. The zero-order chi connectivity index (χ0) is 17.7. The van der Waals surface area contributed by atoms with Crippen molar-refractivity contribution in [2.45, 2.75) is 37.1 Å². The number of hydrogen-bond donors (Lipinski definition) is 2. The molecule has 0 saturated heterocycles. The van der Waals surface area contributed by atoms with Crippen LogP contribution in [-0.2, 0) is 5.41 Å². The van der Waals surface area contributed by atoms with E-state index in [1.807, 2.05) is 49.6 Å². The van der Waals surface area contributed by atoms with E-state index < -0.39 is 5.41 Å². The Balaban J connectivity index is 1.97. The van der Waals surface area contributed by atoms with Gasteiger partial charge in [0.2, 0.25) is 0 Å². The van der Waals surface area contributed by atoms with E-state index in [9.17, 15) is 4.79 Å². The molecule has 2 atom stereocenters. The highest BCUT2D eigenvalue weighted by atomic mass is 32.1. The summed E-state index contributed by atoms with van der Waals surface area (Å²) in [5, 5.41) is 6.41. The highest BCUT2D eigenvalue weighted by molar-refractivity contribution is 7.80. The van der Waals surface area contributed by atoms with Gasteiger partial charge in [0.05, 0.1) is 10.4 Å². The van der Waals surface area contributed by atoms with Crippen molar-refractivity contribution in [1.82, 2.24) is 15.6 Å². The van der Waals surface area contributed by atoms with Crippen LogP contribution in [0.25, 0.3) is 0 Å². The third-order valence-corrected chi connectivity index (χ3v) is 5.63. The molecule has 1 aliphatic rings. The van der Waals surface area contributed by atoms with Crippen molar-refractivity contribution in [3.05, 3.63) is 66.0 Å². The van der Waals surface area contributed by atoms with Crippen LogP contribution < -0.4 is 10.6 Å². The molecular weight excluding hydrogens is 330 g/mol. The molecule has 130 valence electrons. The molecule has 1 saturated carbocycles. The SMILES string of the molecule is CNC(=S)C1(c2cccnc2)CCCCC1NC(=O)c1ccccc1. The largest absolute Gasteiger partial charge is 0.382 e. The molecule has 0 radical (unpaired) electrons. The zero-order valence-corrected chi connectivity index (χ0v) is 15.2. The first kappa shape index (κ1) is 17.5. The van der Waals surface area contributed by atoms with E-state index in [1.165, 1.54) is 0 Å². The first-order valence-electron chi connectivity index (χ1n) is 8.67. The summed E-state index contributed by atoms with van der Waals surface area (Å²) in [6.45, 7) is 0. The molecule has 1 amide bonds. The number of nitrogens with zero attached hydrogens (tertiary/aromatic N) is 1. The van der Waals surface area contributed by atoms with Gasteiger partial charge in [0, 0.05) is 31.0 Å². The molecule has 0 aliphatic heterocycles. The molecule has 2 unspecified atom stereocenters. The highest BCUT2D eigenvalue weighted by Crippen LogP contribution is 2.40. The molecule has 1 aromatic carbocycles. The predicted molar refractivity (Wildman–Crippen MR) is 104 cm³/mol. The van der Waals surface area contributed by atoms with Crippen LogP contribution in [-0.4, -0.2) is 29.0 Å². The molecule has 1 heterocycles. The van der Waals surface area contributed by atoms with Crippen molar-refractivity contribution in [1.29, 1.82) is 0 Å². The van der Waals surface area contributed by atoms with Crippen LogP contribution in [0.15, 0.2) is 54.9 Å². The Labute approximate surface area is 154 Å². The van der Waals surface area contributed by atoms with Gasteiger partial charge in [-0.05, 0) is 36.6 Å². The van der Waals surface area contributed by atoms with Gasteiger partial charge in [-0.25, -0.2) is 0 Å². The number of carbonyl (C=O) groups excluding carboxylic acids is 1. The number of pyridine rings is 1. The summed E-state index contributed by atoms with van der Waals surface area (Å²) in [5.41, 5.74) is 1.32. The van der Waals surface area contributed by atoms with Crippen LogP contribution in [0.4, 0.5) is 0 Å². The molecule has 0 bridgehead atoms. The lowest BCUT2D eigenvalue weighted by molar-refractivity contribution is 0.0909. The van der Waals surface area contributed by atoms with Crippen LogP contribution in [0.1, 0.15) is 41.6 Å². The maximum atomic E-state index is 12.8. The molecule has 2 N–H and O–H groups in total. The van der Waals surface area contributed by atoms with E-state index in [0.29, 0.717) is 5.56 Å². The maximum Gasteiger partial charge on any atom is 0.251 e. The second-order valence-corrected chi connectivity index (χ2v) is 6.84. The Kier molecular flexibility index (Phi) is 5.43. The van der Waals surface area contributed by atoms with Crippen molar-refractivity contribution in [3.8, 4) is 0 Å². The Morgan fingerprint density at radius 1 is 1.20 bits per heavy atom. The Bertz CT molecular complexity index is 735. The standard InChI is InChI=1S/C20H23N3OS/c1-21-19(25)20(16-10-7-13-22-14-16)12-6-5-11-17(20)23-18(24)15-8-3-2-4-9-15/h2-4,7-10,13-14,17H,5-6,11-12H2,1H3,(H,21,25)(H,23,24). The number of hydrogen-bond acceptors (Lipinski definition) is 3. The van der Waals surface area contributed by atoms with Gasteiger partial charge in [0.15, 0.2) is 0 Å². The van der Waals surface area contributed by atoms with E-state index in [-0.39, 0.29) is 11.9 Å². The molecular formula is C20H23N3OS. The first-order valence-corrected chi connectivity index (χ1v) is 9.08. The number of amides is 1. The summed E-state index contributed by atoms with van der Waals surface area (Å²) in [4.78, 5) is 17.8. The van der Waals surface area contributed by atoms with Gasteiger partial charge in [-0.1, -0.05) is 49.3 Å². The van der Waals surface area contributed by atoms with E-state index in [0.717, 1.165) is 36.2 Å². The molecule has 1 aliphatic carbocycles. The van der Waals surface area contributed by atoms with Gasteiger partial charge in [-0.2, -0.15) is 0 Å². The van der Waals surface area contributed by atoms with Gasteiger partial charge in [-0.15, -0.1) is 0 Å². The van der Waals surface area contributed by atoms with Crippen molar-refractivity contribution < 1.29 is 4.79 Å². The minimum absolute atomic E-state index is 0.0559. The van der Waals surface area contributed by atoms with E-state index in [4.69, 9.17) is 12.2 Å². The second kappa shape index (κ2) is 7.74. The van der Waals surface area contributed by atoms with Crippen molar-refractivity contribution >= 4 is 23.1 Å². The monoisotopic (exact) mass is 353 g/mol. The van der Waals surface area contributed by atoms with Gasteiger partial charge in [0.25, 0.3) is 5.91 Å². The summed E-state index contributed by atoms with van der Waals surface area (Å²) >= 11 is 5.73. The number of carbonyl (C=O) groups is 1. The minimum Gasteiger partial charge on any atom is -0.382 e. The van der Waals surface area contributed by atoms with Crippen LogP contribution in [0.2, 0.25) is 0 Å². The molecule has 1 aromatic heterocycles. The van der Waals surface area contributed by atoms with E-state index >= 15 is 0 Å². The Morgan fingerprint density at radius 3 is 2.68 bits per heavy atom. The third kappa shape index (κ3) is 3.42. The Hall–Kier alpha value is -2.27. The average Bonchev–Trinajstić information content (AvgIpc) is 2.69. The highest BCUT2D eigenvalue weighted by Gasteiger charge is 2.46. The number of nitrogens with one attached hydrogen (secondary N) is 2. The molecule has 3 rings (SSSR count). The van der Waals surface area contributed by atoms with E-state index in [2.05, 4.69) is 21.7 Å². The number of benzene rings is 1. The van der Waals surface area contributed by atoms with Gasteiger partial charge in [-0.3, -0.25) is 9.78 Å². The normalized spacial score (nSPS) is 22.8. The lowest BCUT2D eigenvalue weighted by Gasteiger charge is -2.45. The molecule has 0 spiro atoms. The van der Waals surface area contributed by atoms with Crippen molar-refractivity contribution in [3.63, 3.8) is 0 Å². The zero-order valence-electron chi connectivity index (χ0n) is 14.4. The van der Waals surface area contributed by atoms with Crippen LogP contribution in [0.3, 0.4) is 0 Å². The summed E-state index contributed by atoms with van der Waals surface area (Å²) in [6, 6.07) is 13.3. The molecule has 1 fully saturated rings. The average molecular weight is 353 g/mol. The summed E-state index contributed by atoms with van der Waals surface area (Å²) in [5.74, 6) is -0.0559. The fourth-order valence-electron chi connectivity index (χ4n) is 3.80. The molecule has 4 nitrogen and oxygen atoms in total. The van der Waals surface area contributed by atoms with Gasteiger partial charge >= 0.3 is 0 Å². The molecule has 25 heavy (non-hydrogen) atoms. The third-order valence-electron chi connectivity index (χ3n) is 5.06. The number of thiocarbonyl (C=S) groups is 1. The smallest absolute Gasteiger partial charge is 0.251 e. The minimum atomic E-state index is -0.416. The van der Waals surface area contributed by atoms with Crippen LogP contribution in [0, 0.1) is 0 Å². The number of likely N-dealkylation sites (N-methyl/N-ethyl adjacent to an activating group) is 1. The summed E-state index contributed by atoms with van der Waals surface area (Å²) in [7, 11) is 1.85. The number of aromatic nitrogens is 1. The van der Waals surface area contributed by atoms with Crippen LogP contribution >= 0.6 is 12.2 Å². The fraction of sp³-hybridized carbons (Fsp3) is 0.350. The predicted octanol–water partition coefficient (Wildman–Crippen LogP) is 3.24. The first-order chi connectivity index (χ1) is 12.2. The van der Waals surface area contributed by atoms with Crippen molar-refractivity contribution in [2.75, 3.05) is 7.05 Å². The maximum absolute atomic E-state index is 12.8. The van der Waals surface area contributed by atoms with E-state index in [1.54, 1.807) is 6.20 Å². The number of rotatable bonds is 4. The Morgan fingerprint density at radius 2 is 2.00 bits per heavy atom. The van der Waals surface area contributed by atoms with Crippen LogP contribution in [0.5, 0.6) is 0 Å². The van der Waals surface area contributed by atoms with Gasteiger partial charge < -0.3 is 10.6 Å². The van der Waals surface area contributed by atoms with Gasteiger partial charge in [0.1, 0.15) is 0 Å².